The standard InChI is InChI=1S/C21H23N3O4/c1-14(2)21(27)23-16-7-5-6-15(12-16)22-19(25)10-11-24-17-8-3-4-9-18(17)28-13-20(24)26/h3-9,12,14H,10-11,13H2,1-2H3,(H,22,25)(H,23,27). The number of nitrogens with zero attached hydrogens (tertiary/aromatic N) is 1. The zero-order valence-electron chi connectivity index (χ0n) is 15.9. The molecule has 7 nitrogen and oxygen atoms in total. The van der Waals surface area contributed by atoms with E-state index >= 15 is 0 Å². The average Bonchev–Trinajstić information content (AvgIpc) is 2.67. The molecule has 2 N–H and O–H groups in total. The summed E-state index contributed by atoms with van der Waals surface area (Å²) in [5, 5.41) is 5.60. The van der Waals surface area contributed by atoms with Crippen LogP contribution < -0.4 is 20.3 Å². The summed E-state index contributed by atoms with van der Waals surface area (Å²) in [6, 6.07) is 14.2. The highest BCUT2D eigenvalue weighted by Crippen LogP contribution is 2.31. The predicted molar refractivity (Wildman–Crippen MR) is 107 cm³/mol. The summed E-state index contributed by atoms with van der Waals surface area (Å²) in [4.78, 5) is 37.9. The Kier molecular flexibility index (Phi) is 5.93. The Morgan fingerprint density at radius 1 is 1.07 bits per heavy atom. The Bertz CT molecular complexity index is 895. The maximum Gasteiger partial charge on any atom is 0.265 e. The molecule has 1 aliphatic heterocycles. The van der Waals surface area contributed by atoms with Crippen LogP contribution in [0.5, 0.6) is 5.75 Å². The van der Waals surface area contributed by atoms with Gasteiger partial charge in [0.2, 0.25) is 11.8 Å². The van der Waals surface area contributed by atoms with Gasteiger partial charge in [-0.3, -0.25) is 14.4 Å². The highest BCUT2D eigenvalue weighted by molar-refractivity contribution is 5.99. The molecule has 7 heteroatoms. The number of benzene rings is 2. The fourth-order valence-electron chi connectivity index (χ4n) is 2.80. The van der Waals surface area contributed by atoms with Crippen molar-refractivity contribution in [3.8, 4) is 5.75 Å². The summed E-state index contributed by atoms with van der Waals surface area (Å²) in [6.07, 6.45) is 0.142. The van der Waals surface area contributed by atoms with Gasteiger partial charge in [-0.15, -0.1) is 0 Å². The zero-order chi connectivity index (χ0) is 20.1. The second-order valence-corrected chi connectivity index (χ2v) is 6.82. The number of anilines is 3. The first-order valence-electron chi connectivity index (χ1n) is 9.17. The van der Waals surface area contributed by atoms with Crippen LogP contribution in [0.2, 0.25) is 0 Å². The molecule has 1 heterocycles. The molecule has 3 amide bonds. The van der Waals surface area contributed by atoms with Crippen LogP contribution in [0, 0.1) is 5.92 Å². The predicted octanol–water partition coefficient (Wildman–Crippen LogP) is 3.04. The molecule has 0 bridgehead atoms. The van der Waals surface area contributed by atoms with Crippen molar-refractivity contribution in [2.24, 2.45) is 5.92 Å². The van der Waals surface area contributed by atoms with E-state index in [-0.39, 0.29) is 43.2 Å². The highest BCUT2D eigenvalue weighted by Gasteiger charge is 2.25. The maximum absolute atomic E-state index is 12.3. The van der Waals surface area contributed by atoms with E-state index in [4.69, 9.17) is 4.74 Å². The Labute approximate surface area is 163 Å². The van der Waals surface area contributed by atoms with E-state index in [1.165, 1.54) is 0 Å². The van der Waals surface area contributed by atoms with E-state index in [1.807, 2.05) is 26.0 Å². The summed E-state index contributed by atoms with van der Waals surface area (Å²) in [5.74, 6) is 0.0188. The Balaban J connectivity index is 1.59. The van der Waals surface area contributed by atoms with Gasteiger partial charge in [-0.25, -0.2) is 0 Å². The van der Waals surface area contributed by atoms with Gasteiger partial charge < -0.3 is 20.3 Å². The first kappa shape index (κ1) is 19.4. The third-order valence-corrected chi connectivity index (χ3v) is 4.31. The number of nitrogens with one attached hydrogen (secondary N) is 2. The van der Waals surface area contributed by atoms with Crippen LogP contribution in [0.1, 0.15) is 20.3 Å². The zero-order valence-corrected chi connectivity index (χ0v) is 15.9. The van der Waals surface area contributed by atoms with E-state index < -0.39 is 0 Å². The number of para-hydroxylation sites is 2. The van der Waals surface area contributed by atoms with Crippen LogP contribution in [0.3, 0.4) is 0 Å². The molecule has 0 fully saturated rings. The number of hydrogen-bond donors (Lipinski definition) is 2. The number of amides is 3. The third kappa shape index (κ3) is 4.68. The smallest absolute Gasteiger partial charge is 0.265 e. The van der Waals surface area contributed by atoms with Crippen molar-refractivity contribution in [1.82, 2.24) is 0 Å². The quantitative estimate of drug-likeness (QED) is 0.805. The van der Waals surface area contributed by atoms with Crippen molar-refractivity contribution in [3.63, 3.8) is 0 Å². The molecule has 3 rings (SSSR count). The number of hydrogen-bond acceptors (Lipinski definition) is 4. The molecule has 0 atom stereocenters. The molecule has 1 aliphatic rings. The molecule has 0 aromatic heterocycles. The molecular formula is C21H23N3O4. The van der Waals surface area contributed by atoms with E-state index in [0.29, 0.717) is 22.8 Å². The van der Waals surface area contributed by atoms with Crippen molar-refractivity contribution in [1.29, 1.82) is 0 Å². The van der Waals surface area contributed by atoms with Crippen LogP contribution >= 0.6 is 0 Å². The first-order chi connectivity index (χ1) is 13.4. The second-order valence-electron chi connectivity index (χ2n) is 6.82. The molecule has 0 spiro atoms. The Morgan fingerprint density at radius 2 is 1.79 bits per heavy atom. The highest BCUT2D eigenvalue weighted by atomic mass is 16.5. The van der Waals surface area contributed by atoms with Gasteiger partial charge in [-0.05, 0) is 30.3 Å². The molecule has 2 aromatic carbocycles. The van der Waals surface area contributed by atoms with E-state index in [1.54, 1.807) is 41.3 Å². The Morgan fingerprint density at radius 3 is 2.54 bits per heavy atom. The van der Waals surface area contributed by atoms with Crippen molar-refractivity contribution >= 4 is 34.8 Å². The van der Waals surface area contributed by atoms with Crippen LogP contribution in [-0.4, -0.2) is 30.9 Å². The third-order valence-electron chi connectivity index (χ3n) is 4.31. The number of ether oxygens (including phenoxy) is 1. The lowest BCUT2D eigenvalue weighted by Crippen LogP contribution is -2.40. The molecule has 0 saturated heterocycles. The van der Waals surface area contributed by atoms with E-state index in [2.05, 4.69) is 10.6 Å². The SMILES string of the molecule is CC(C)C(=O)Nc1cccc(NC(=O)CCN2C(=O)COc3ccccc32)c1. The van der Waals surface area contributed by atoms with Crippen LogP contribution in [-0.2, 0) is 14.4 Å². The van der Waals surface area contributed by atoms with Gasteiger partial charge in [0.15, 0.2) is 6.61 Å². The largest absolute Gasteiger partial charge is 0.482 e. The number of rotatable bonds is 6. The van der Waals surface area contributed by atoms with Crippen LogP contribution in [0.25, 0.3) is 0 Å². The van der Waals surface area contributed by atoms with Crippen molar-refractivity contribution in [2.45, 2.75) is 20.3 Å². The van der Waals surface area contributed by atoms with Gasteiger partial charge in [0.05, 0.1) is 5.69 Å². The topological polar surface area (TPSA) is 87.7 Å². The lowest BCUT2D eigenvalue weighted by Gasteiger charge is -2.29. The summed E-state index contributed by atoms with van der Waals surface area (Å²) in [7, 11) is 0. The van der Waals surface area contributed by atoms with Gasteiger partial charge in [0, 0.05) is 30.3 Å². The van der Waals surface area contributed by atoms with Crippen molar-refractivity contribution in [3.05, 3.63) is 48.5 Å². The minimum atomic E-state index is -0.218. The van der Waals surface area contributed by atoms with Gasteiger partial charge in [0.1, 0.15) is 5.75 Å². The lowest BCUT2D eigenvalue weighted by molar-refractivity contribution is -0.121. The molecule has 0 unspecified atom stereocenters. The Hall–Kier alpha value is -3.35. The molecule has 146 valence electrons. The maximum atomic E-state index is 12.3. The average molecular weight is 381 g/mol. The second kappa shape index (κ2) is 8.56. The summed E-state index contributed by atoms with van der Waals surface area (Å²) >= 11 is 0. The van der Waals surface area contributed by atoms with E-state index in [0.717, 1.165) is 0 Å². The van der Waals surface area contributed by atoms with Gasteiger partial charge in [0.25, 0.3) is 5.91 Å². The number of fused-ring (bicyclic) bond motifs is 1. The van der Waals surface area contributed by atoms with Crippen LogP contribution in [0.15, 0.2) is 48.5 Å². The van der Waals surface area contributed by atoms with Gasteiger partial charge in [-0.1, -0.05) is 32.0 Å². The first-order valence-corrected chi connectivity index (χ1v) is 9.17. The molecule has 28 heavy (non-hydrogen) atoms. The van der Waals surface area contributed by atoms with Crippen molar-refractivity contribution < 1.29 is 19.1 Å². The fraction of sp³-hybridized carbons (Fsp3) is 0.286. The molecule has 2 aromatic rings. The molecule has 0 radical (unpaired) electrons. The van der Waals surface area contributed by atoms with Gasteiger partial charge in [-0.2, -0.15) is 0 Å². The van der Waals surface area contributed by atoms with Crippen molar-refractivity contribution in [2.75, 3.05) is 28.7 Å². The minimum Gasteiger partial charge on any atom is -0.482 e. The molecule has 0 aliphatic carbocycles. The summed E-state index contributed by atoms with van der Waals surface area (Å²) in [5.41, 5.74) is 1.87. The summed E-state index contributed by atoms with van der Waals surface area (Å²) < 4.78 is 5.40. The monoisotopic (exact) mass is 381 g/mol. The summed E-state index contributed by atoms with van der Waals surface area (Å²) in [6.45, 7) is 3.85. The molecule has 0 saturated carbocycles. The fourth-order valence-corrected chi connectivity index (χ4v) is 2.80. The normalized spacial score (nSPS) is 13.0. The molecular weight excluding hydrogens is 358 g/mol. The van der Waals surface area contributed by atoms with Crippen LogP contribution in [0.4, 0.5) is 17.1 Å². The van der Waals surface area contributed by atoms with Gasteiger partial charge >= 0.3 is 0 Å². The number of carbonyl (C=O) groups excluding carboxylic acids is 3. The van der Waals surface area contributed by atoms with E-state index in [9.17, 15) is 14.4 Å². The number of carbonyl (C=O) groups is 3. The lowest BCUT2D eigenvalue weighted by atomic mass is 10.2. The minimum absolute atomic E-state index is 0.0315.